The molecular weight excluding hydrogens is 202 g/mol. The van der Waals surface area contributed by atoms with Crippen LogP contribution >= 0.6 is 0 Å². The zero-order valence-corrected chi connectivity index (χ0v) is 10.1. The van der Waals surface area contributed by atoms with Crippen LogP contribution in [0.5, 0.6) is 0 Å². The average molecular weight is 223 g/mol. The Bertz CT molecular complexity index is 322. The Balaban J connectivity index is 2.93. The van der Waals surface area contributed by atoms with Crippen LogP contribution in [0.25, 0.3) is 0 Å². The number of nitrogens with zero attached hydrogens (tertiary/aromatic N) is 2. The molecular formula is C12H21N3O. The van der Waals surface area contributed by atoms with Gasteiger partial charge in [-0.1, -0.05) is 6.92 Å². The number of aliphatic hydroxyl groups excluding tert-OH is 1. The SMILES string of the molecule is CCCN(CCO)c1cc(CN)cc(C)n1. The molecule has 0 atom stereocenters. The van der Waals surface area contributed by atoms with Gasteiger partial charge in [-0.05, 0) is 31.0 Å². The summed E-state index contributed by atoms with van der Waals surface area (Å²) >= 11 is 0. The molecule has 0 unspecified atom stereocenters. The fourth-order valence-corrected chi connectivity index (χ4v) is 1.73. The second kappa shape index (κ2) is 6.45. The number of aryl methyl sites for hydroxylation is 1. The molecule has 0 saturated heterocycles. The molecule has 0 aliphatic rings. The van der Waals surface area contributed by atoms with E-state index in [9.17, 15) is 0 Å². The van der Waals surface area contributed by atoms with Gasteiger partial charge in [0.15, 0.2) is 0 Å². The van der Waals surface area contributed by atoms with Crippen molar-refractivity contribution >= 4 is 5.82 Å². The number of hydrogen-bond donors (Lipinski definition) is 2. The van der Waals surface area contributed by atoms with Crippen LogP contribution in [0.3, 0.4) is 0 Å². The van der Waals surface area contributed by atoms with Crippen molar-refractivity contribution in [1.29, 1.82) is 0 Å². The molecule has 0 aliphatic carbocycles. The highest BCUT2D eigenvalue weighted by Crippen LogP contribution is 2.15. The molecule has 0 aromatic carbocycles. The number of rotatable bonds is 6. The van der Waals surface area contributed by atoms with Gasteiger partial charge in [-0.3, -0.25) is 0 Å². The summed E-state index contributed by atoms with van der Waals surface area (Å²) in [5.41, 5.74) is 7.69. The van der Waals surface area contributed by atoms with E-state index in [0.717, 1.165) is 30.0 Å². The molecule has 0 aliphatic heterocycles. The lowest BCUT2D eigenvalue weighted by Gasteiger charge is -2.23. The van der Waals surface area contributed by atoms with Crippen LogP contribution in [-0.4, -0.2) is 29.8 Å². The first-order chi connectivity index (χ1) is 7.71. The minimum Gasteiger partial charge on any atom is -0.395 e. The molecule has 1 heterocycles. The highest BCUT2D eigenvalue weighted by atomic mass is 16.3. The number of aliphatic hydroxyl groups is 1. The maximum atomic E-state index is 9.03. The number of nitrogens with two attached hydrogens (primary N) is 1. The number of pyridine rings is 1. The third kappa shape index (κ3) is 3.47. The van der Waals surface area contributed by atoms with Gasteiger partial charge in [0.25, 0.3) is 0 Å². The second-order valence-corrected chi connectivity index (χ2v) is 3.89. The zero-order valence-electron chi connectivity index (χ0n) is 10.1. The number of aromatic nitrogens is 1. The second-order valence-electron chi connectivity index (χ2n) is 3.89. The van der Waals surface area contributed by atoms with E-state index in [1.807, 2.05) is 19.1 Å². The molecule has 0 fully saturated rings. The van der Waals surface area contributed by atoms with Gasteiger partial charge >= 0.3 is 0 Å². The van der Waals surface area contributed by atoms with Gasteiger partial charge in [-0.2, -0.15) is 0 Å². The summed E-state index contributed by atoms with van der Waals surface area (Å²) in [6, 6.07) is 3.99. The molecule has 0 spiro atoms. The minimum absolute atomic E-state index is 0.146. The Kier molecular flexibility index (Phi) is 5.22. The summed E-state index contributed by atoms with van der Waals surface area (Å²) in [6.07, 6.45) is 1.04. The molecule has 1 aromatic heterocycles. The van der Waals surface area contributed by atoms with Crippen molar-refractivity contribution in [3.63, 3.8) is 0 Å². The molecule has 0 bridgehead atoms. The van der Waals surface area contributed by atoms with Crippen molar-refractivity contribution in [2.24, 2.45) is 5.73 Å². The van der Waals surface area contributed by atoms with E-state index in [-0.39, 0.29) is 6.61 Å². The third-order valence-corrected chi connectivity index (χ3v) is 2.42. The van der Waals surface area contributed by atoms with Crippen molar-refractivity contribution in [2.75, 3.05) is 24.6 Å². The van der Waals surface area contributed by atoms with E-state index in [1.54, 1.807) is 0 Å². The van der Waals surface area contributed by atoms with Crippen LogP contribution in [0.4, 0.5) is 5.82 Å². The van der Waals surface area contributed by atoms with Gasteiger partial charge < -0.3 is 15.7 Å². The first-order valence-electron chi connectivity index (χ1n) is 5.74. The van der Waals surface area contributed by atoms with Gasteiger partial charge in [0.1, 0.15) is 5.82 Å². The monoisotopic (exact) mass is 223 g/mol. The normalized spacial score (nSPS) is 10.5. The van der Waals surface area contributed by atoms with Crippen molar-refractivity contribution in [3.05, 3.63) is 23.4 Å². The summed E-state index contributed by atoms with van der Waals surface area (Å²) in [7, 11) is 0. The first-order valence-corrected chi connectivity index (χ1v) is 5.74. The molecule has 1 rings (SSSR count). The number of hydrogen-bond acceptors (Lipinski definition) is 4. The predicted octanol–water partition coefficient (Wildman–Crippen LogP) is 1.06. The zero-order chi connectivity index (χ0) is 12.0. The van der Waals surface area contributed by atoms with Crippen molar-refractivity contribution in [3.8, 4) is 0 Å². The molecule has 90 valence electrons. The fourth-order valence-electron chi connectivity index (χ4n) is 1.73. The van der Waals surface area contributed by atoms with Crippen LogP contribution in [0.2, 0.25) is 0 Å². The van der Waals surface area contributed by atoms with E-state index in [0.29, 0.717) is 13.1 Å². The maximum absolute atomic E-state index is 9.03. The Morgan fingerprint density at radius 3 is 2.69 bits per heavy atom. The Morgan fingerprint density at radius 1 is 1.38 bits per heavy atom. The maximum Gasteiger partial charge on any atom is 0.129 e. The van der Waals surface area contributed by atoms with Crippen LogP contribution in [0, 0.1) is 6.92 Å². The first kappa shape index (κ1) is 12.9. The average Bonchev–Trinajstić information content (AvgIpc) is 2.28. The lowest BCUT2D eigenvalue weighted by molar-refractivity contribution is 0.301. The van der Waals surface area contributed by atoms with Crippen LogP contribution in [-0.2, 0) is 6.54 Å². The summed E-state index contributed by atoms with van der Waals surface area (Å²) in [5.74, 6) is 0.913. The Morgan fingerprint density at radius 2 is 2.12 bits per heavy atom. The third-order valence-electron chi connectivity index (χ3n) is 2.42. The lowest BCUT2D eigenvalue weighted by atomic mass is 10.2. The molecule has 0 radical (unpaired) electrons. The molecule has 3 N–H and O–H groups in total. The van der Waals surface area contributed by atoms with E-state index < -0.39 is 0 Å². The molecule has 4 nitrogen and oxygen atoms in total. The fraction of sp³-hybridized carbons (Fsp3) is 0.583. The standard InChI is InChI=1S/C12H21N3O/c1-3-4-15(5-6-16)12-8-11(9-13)7-10(2)14-12/h7-8,16H,3-6,9,13H2,1-2H3. The highest BCUT2D eigenvalue weighted by Gasteiger charge is 2.07. The van der Waals surface area contributed by atoms with Crippen LogP contribution in [0.15, 0.2) is 12.1 Å². The Hall–Kier alpha value is -1.13. The van der Waals surface area contributed by atoms with E-state index in [2.05, 4.69) is 16.8 Å². The number of anilines is 1. The topological polar surface area (TPSA) is 62.4 Å². The van der Waals surface area contributed by atoms with Crippen molar-refractivity contribution in [1.82, 2.24) is 4.98 Å². The largest absolute Gasteiger partial charge is 0.395 e. The van der Waals surface area contributed by atoms with E-state index >= 15 is 0 Å². The van der Waals surface area contributed by atoms with Gasteiger partial charge in [0.05, 0.1) is 6.61 Å². The molecule has 4 heteroatoms. The lowest BCUT2D eigenvalue weighted by Crippen LogP contribution is -2.28. The smallest absolute Gasteiger partial charge is 0.129 e. The summed E-state index contributed by atoms with van der Waals surface area (Å²) in [5, 5.41) is 9.03. The van der Waals surface area contributed by atoms with Gasteiger partial charge in [0, 0.05) is 25.3 Å². The minimum atomic E-state index is 0.146. The summed E-state index contributed by atoms with van der Waals surface area (Å²) in [4.78, 5) is 6.57. The van der Waals surface area contributed by atoms with Gasteiger partial charge in [0.2, 0.25) is 0 Å². The van der Waals surface area contributed by atoms with Crippen molar-refractivity contribution < 1.29 is 5.11 Å². The Labute approximate surface area is 97.1 Å². The van der Waals surface area contributed by atoms with Gasteiger partial charge in [-0.15, -0.1) is 0 Å². The summed E-state index contributed by atoms with van der Waals surface area (Å²) in [6.45, 7) is 6.27. The van der Waals surface area contributed by atoms with E-state index in [1.165, 1.54) is 0 Å². The highest BCUT2D eigenvalue weighted by molar-refractivity contribution is 5.42. The molecule has 0 amide bonds. The van der Waals surface area contributed by atoms with E-state index in [4.69, 9.17) is 10.8 Å². The van der Waals surface area contributed by atoms with Crippen LogP contribution < -0.4 is 10.6 Å². The van der Waals surface area contributed by atoms with Gasteiger partial charge in [-0.25, -0.2) is 4.98 Å². The van der Waals surface area contributed by atoms with Crippen LogP contribution in [0.1, 0.15) is 24.6 Å². The van der Waals surface area contributed by atoms with Crippen molar-refractivity contribution in [2.45, 2.75) is 26.8 Å². The molecule has 0 saturated carbocycles. The molecule has 16 heavy (non-hydrogen) atoms. The molecule has 1 aromatic rings. The predicted molar refractivity (Wildman–Crippen MR) is 66.5 cm³/mol. The quantitative estimate of drug-likeness (QED) is 0.757. The summed E-state index contributed by atoms with van der Waals surface area (Å²) < 4.78 is 0.